The molecule has 0 fully saturated rings. The highest BCUT2D eigenvalue weighted by molar-refractivity contribution is 6.31. The molecule has 7 nitrogen and oxygen atoms in total. The Kier molecular flexibility index (Phi) is 5.19. The van der Waals surface area contributed by atoms with E-state index in [1.807, 2.05) is 6.07 Å². The van der Waals surface area contributed by atoms with Crippen molar-refractivity contribution < 1.29 is 9.50 Å². The molecule has 4 rings (SSSR count). The lowest BCUT2D eigenvalue weighted by atomic mass is 10.1. The van der Waals surface area contributed by atoms with Crippen molar-refractivity contribution in [3.05, 3.63) is 92.8 Å². The minimum Gasteiger partial charge on any atom is -0.505 e. The van der Waals surface area contributed by atoms with Gasteiger partial charge in [-0.2, -0.15) is 5.26 Å². The minimum atomic E-state index is -0.601. The van der Waals surface area contributed by atoms with E-state index in [9.17, 15) is 19.6 Å². The van der Waals surface area contributed by atoms with Crippen molar-refractivity contribution in [2.24, 2.45) is 0 Å². The molecule has 0 saturated carbocycles. The fraction of sp³-hybridized carbons (Fsp3) is 0.0455. The monoisotopic (exact) mass is 433 g/mol. The van der Waals surface area contributed by atoms with E-state index in [2.05, 4.69) is 15.0 Å². The maximum atomic E-state index is 13.8. The molecule has 0 radical (unpaired) electrons. The number of rotatable bonds is 3. The molecule has 31 heavy (non-hydrogen) atoms. The van der Waals surface area contributed by atoms with Gasteiger partial charge in [0.2, 0.25) is 0 Å². The SMILES string of the molecule is Cc1ccc(C#N)c(/C(O)=C/c2nc3ccc(F)cc3c(=O)n2-c2cccnc2Cl)n1. The van der Waals surface area contributed by atoms with Gasteiger partial charge in [0.15, 0.2) is 5.15 Å². The van der Waals surface area contributed by atoms with E-state index >= 15 is 0 Å². The van der Waals surface area contributed by atoms with Crippen LogP contribution in [-0.2, 0) is 0 Å². The maximum Gasteiger partial charge on any atom is 0.266 e. The predicted molar refractivity (Wildman–Crippen MR) is 114 cm³/mol. The molecular formula is C22H13ClFN5O2. The molecule has 0 aliphatic rings. The van der Waals surface area contributed by atoms with Crippen LogP contribution in [0.3, 0.4) is 0 Å². The molecule has 9 heteroatoms. The summed E-state index contributed by atoms with van der Waals surface area (Å²) in [5.41, 5.74) is 0.596. The number of nitriles is 1. The Labute approximate surface area is 180 Å². The zero-order chi connectivity index (χ0) is 22.1. The Morgan fingerprint density at radius 3 is 2.81 bits per heavy atom. The van der Waals surface area contributed by atoms with Gasteiger partial charge in [0.05, 0.1) is 22.2 Å². The van der Waals surface area contributed by atoms with Gasteiger partial charge in [-0.1, -0.05) is 11.6 Å². The topological polar surface area (TPSA) is 105 Å². The van der Waals surface area contributed by atoms with Crippen LogP contribution in [0.2, 0.25) is 5.15 Å². The standard InChI is InChI=1S/C22H13ClFN5O2/c1-12-4-5-13(11-25)20(27-12)18(30)10-19-28-16-7-6-14(24)9-15(16)22(31)29(19)17-3-2-8-26-21(17)23/h2-10,30H,1H3/b18-10-. The first-order valence-corrected chi connectivity index (χ1v) is 9.39. The van der Waals surface area contributed by atoms with Gasteiger partial charge in [-0.15, -0.1) is 0 Å². The second-order valence-corrected chi connectivity index (χ2v) is 6.93. The number of hydrogen-bond acceptors (Lipinski definition) is 6. The van der Waals surface area contributed by atoms with Crippen molar-refractivity contribution in [2.45, 2.75) is 6.92 Å². The molecule has 3 heterocycles. The van der Waals surface area contributed by atoms with Gasteiger partial charge < -0.3 is 5.11 Å². The summed E-state index contributed by atoms with van der Waals surface area (Å²) in [4.78, 5) is 25.8. The van der Waals surface area contributed by atoms with Crippen LogP contribution in [0.25, 0.3) is 28.4 Å². The summed E-state index contributed by atoms with van der Waals surface area (Å²) in [6, 6.07) is 11.9. The van der Waals surface area contributed by atoms with Gasteiger partial charge in [-0.25, -0.2) is 19.3 Å². The molecule has 0 atom stereocenters. The molecule has 0 aliphatic carbocycles. The van der Waals surface area contributed by atoms with E-state index in [-0.39, 0.29) is 44.6 Å². The van der Waals surface area contributed by atoms with Crippen molar-refractivity contribution in [2.75, 3.05) is 0 Å². The largest absolute Gasteiger partial charge is 0.505 e. The summed E-state index contributed by atoms with van der Waals surface area (Å²) in [6.45, 7) is 1.71. The van der Waals surface area contributed by atoms with E-state index in [1.54, 1.807) is 25.1 Å². The van der Waals surface area contributed by atoms with E-state index in [0.717, 1.165) is 10.6 Å². The summed E-state index contributed by atoms with van der Waals surface area (Å²) in [6.07, 6.45) is 2.66. The van der Waals surface area contributed by atoms with E-state index in [0.29, 0.717) is 5.69 Å². The molecule has 1 aromatic carbocycles. The Balaban J connectivity index is 2.05. The number of pyridine rings is 2. The van der Waals surface area contributed by atoms with Crippen molar-refractivity contribution in [1.29, 1.82) is 5.26 Å². The smallest absolute Gasteiger partial charge is 0.266 e. The molecule has 0 bridgehead atoms. The lowest BCUT2D eigenvalue weighted by Gasteiger charge is -2.13. The number of aryl methyl sites for hydroxylation is 1. The molecule has 0 saturated heterocycles. The van der Waals surface area contributed by atoms with Gasteiger partial charge in [0.1, 0.15) is 29.2 Å². The highest BCUT2D eigenvalue weighted by Crippen LogP contribution is 2.23. The number of aliphatic hydroxyl groups is 1. The van der Waals surface area contributed by atoms with Crippen LogP contribution in [0.1, 0.15) is 22.8 Å². The summed E-state index contributed by atoms with van der Waals surface area (Å²) in [5, 5.41) is 20.1. The van der Waals surface area contributed by atoms with Gasteiger partial charge in [-0.3, -0.25) is 9.36 Å². The van der Waals surface area contributed by atoms with E-state index in [1.165, 1.54) is 30.5 Å². The Morgan fingerprint density at radius 1 is 1.26 bits per heavy atom. The van der Waals surface area contributed by atoms with Crippen molar-refractivity contribution in [3.63, 3.8) is 0 Å². The third-order valence-electron chi connectivity index (χ3n) is 4.50. The lowest BCUT2D eigenvalue weighted by molar-refractivity contribution is 0.511. The van der Waals surface area contributed by atoms with E-state index < -0.39 is 11.4 Å². The third kappa shape index (κ3) is 3.74. The molecule has 0 amide bonds. The third-order valence-corrected chi connectivity index (χ3v) is 4.79. The molecule has 3 aromatic heterocycles. The quantitative estimate of drug-likeness (QED) is 0.383. The average Bonchev–Trinajstić information content (AvgIpc) is 2.75. The first kappa shape index (κ1) is 20.2. The number of benzene rings is 1. The van der Waals surface area contributed by atoms with Crippen LogP contribution in [0, 0.1) is 24.1 Å². The van der Waals surface area contributed by atoms with Crippen LogP contribution in [0.4, 0.5) is 4.39 Å². The Hall–Kier alpha value is -4.09. The molecule has 4 aromatic rings. The highest BCUT2D eigenvalue weighted by Gasteiger charge is 2.17. The number of hydrogen-bond donors (Lipinski definition) is 1. The first-order chi connectivity index (χ1) is 14.9. The summed E-state index contributed by atoms with van der Waals surface area (Å²) in [7, 11) is 0. The normalized spacial score (nSPS) is 11.5. The fourth-order valence-corrected chi connectivity index (χ4v) is 3.29. The zero-order valence-corrected chi connectivity index (χ0v) is 16.8. The first-order valence-electron chi connectivity index (χ1n) is 9.01. The van der Waals surface area contributed by atoms with Crippen molar-refractivity contribution in [1.82, 2.24) is 19.5 Å². The number of fused-ring (bicyclic) bond motifs is 1. The van der Waals surface area contributed by atoms with Crippen LogP contribution < -0.4 is 5.56 Å². The fourth-order valence-electron chi connectivity index (χ4n) is 3.08. The van der Waals surface area contributed by atoms with Gasteiger partial charge >= 0.3 is 0 Å². The van der Waals surface area contributed by atoms with Crippen LogP contribution in [0.15, 0.2) is 53.5 Å². The molecular weight excluding hydrogens is 421 g/mol. The van der Waals surface area contributed by atoms with Crippen LogP contribution in [0.5, 0.6) is 0 Å². The summed E-state index contributed by atoms with van der Waals surface area (Å²) in [5.74, 6) is -0.963. The maximum absolute atomic E-state index is 13.8. The molecule has 1 N–H and O–H groups in total. The molecule has 152 valence electrons. The number of aliphatic hydroxyl groups excluding tert-OH is 1. The second kappa shape index (κ2) is 7.97. The minimum absolute atomic E-state index is 0.00343. The average molecular weight is 434 g/mol. The summed E-state index contributed by atoms with van der Waals surface area (Å²) >= 11 is 6.20. The number of nitrogens with zero attached hydrogens (tertiary/aromatic N) is 5. The molecule has 0 aliphatic heterocycles. The van der Waals surface area contributed by atoms with Crippen molar-refractivity contribution >= 4 is 34.3 Å². The predicted octanol–water partition coefficient (Wildman–Crippen LogP) is 4.20. The Bertz CT molecular complexity index is 1470. The van der Waals surface area contributed by atoms with E-state index in [4.69, 9.17) is 11.6 Å². The highest BCUT2D eigenvalue weighted by atomic mass is 35.5. The summed E-state index contributed by atoms with van der Waals surface area (Å²) < 4.78 is 14.9. The molecule has 0 spiro atoms. The van der Waals surface area contributed by atoms with Crippen LogP contribution >= 0.6 is 11.6 Å². The van der Waals surface area contributed by atoms with Gasteiger partial charge in [0.25, 0.3) is 5.56 Å². The second-order valence-electron chi connectivity index (χ2n) is 6.58. The van der Waals surface area contributed by atoms with Gasteiger partial charge in [-0.05, 0) is 49.4 Å². The van der Waals surface area contributed by atoms with Crippen molar-refractivity contribution in [3.8, 4) is 11.8 Å². The Morgan fingerprint density at radius 2 is 2.06 bits per heavy atom. The lowest BCUT2D eigenvalue weighted by Crippen LogP contribution is -2.23. The number of aromatic nitrogens is 4. The van der Waals surface area contributed by atoms with Crippen LogP contribution in [-0.4, -0.2) is 24.6 Å². The zero-order valence-electron chi connectivity index (χ0n) is 16.0. The van der Waals surface area contributed by atoms with Gasteiger partial charge in [0, 0.05) is 18.0 Å². The molecule has 0 unspecified atom stereocenters. The number of halogens is 2.